The van der Waals surface area contributed by atoms with Crippen molar-refractivity contribution in [2.24, 2.45) is 23.2 Å². The van der Waals surface area contributed by atoms with Crippen molar-refractivity contribution in [3.05, 3.63) is 0 Å². The number of piperazine rings is 1. The van der Waals surface area contributed by atoms with Gasteiger partial charge in [0, 0.05) is 6.54 Å². The van der Waals surface area contributed by atoms with Gasteiger partial charge >= 0.3 is 0 Å². The van der Waals surface area contributed by atoms with Crippen molar-refractivity contribution >= 4 is 11.8 Å². The molecule has 0 aromatic rings. The van der Waals surface area contributed by atoms with E-state index in [4.69, 9.17) is 0 Å². The van der Waals surface area contributed by atoms with Gasteiger partial charge in [0.15, 0.2) is 0 Å². The van der Waals surface area contributed by atoms with Gasteiger partial charge in [-0.3, -0.25) is 9.59 Å². The molecule has 21 heavy (non-hydrogen) atoms. The molecule has 3 rings (SSSR count). The molecule has 4 heteroatoms. The zero-order valence-corrected chi connectivity index (χ0v) is 13.7. The van der Waals surface area contributed by atoms with Gasteiger partial charge in [-0.15, -0.1) is 0 Å². The fraction of sp³-hybridized carbons (Fsp3) is 0.882. The van der Waals surface area contributed by atoms with Crippen LogP contribution in [-0.4, -0.2) is 35.3 Å². The Morgan fingerprint density at radius 2 is 1.76 bits per heavy atom. The predicted molar refractivity (Wildman–Crippen MR) is 81.5 cm³/mol. The molecule has 118 valence electrons. The summed E-state index contributed by atoms with van der Waals surface area (Å²) in [7, 11) is 0. The number of carbonyl (C=O) groups excluding carboxylic acids is 2. The minimum atomic E-state index is -0.345. The second kappa shape index (κ2) is 4.99. The van der Waals surface area contributed by atoms with Gasteiger partial charge in [-0.25, -0.2) is 0 Å². The highest BCUT2D eigenvalue weighted by atomic mass is 16.2. The fourth-order valence-corrected chi connectivity index (χ4v) is 3.94. The third-order valence-corrected chi connectivity index (χ3v) is 5.57. The highest BCUT2D eigenvalue weighted by molar-refractivity contribution is 5.97. The molecule has 2 atom stereocenters. The summed E-state index contributed by atoms with van der Waals surface area (Å²) in [5.74, 6) is 1.29. The van der Waals surface area contributed by atoms with Crippen molar-refractivity contribution in [3.63, 3.8) is 0 Å². The lowest BCUT2D eigenvalue weighted by molar-refractivity contribution is -0.153. The minimum absolute atomic E-state index is 0.0369. The second-order valence-electron chi connectivity index (χ2n) is 8.02. The lowest BCUT2D eigenvalue weighted by atomic mass is 9.90. The molecular weight excluding hydrogens is 264 g/mol. The van der Waals surface area contributed by atoms with Crippen molar-refractivity contribution in [2.75, 3.05) is 6.54 Å². The van der Waals surface area contributed by atoms with Gasteiger partial charge in [-0.1, -0.05) is 27.7 Å². The van der Waals surface area contributed by atoms with Crippen molar-refractivity contribution in [1.82, 2.24) is 10.2 Å². The van der Waals surface area contributed by atoms with E-state index >= 15 is 0 Å². The Labute approximate surface area is 127 Å². The molecule has 0 aromatic carbocycles. The molecule has 1 aliphatic heterocycles. The maximum atomic E-state index is 12.9. The Hall–Kier alpha value is -1.06. The SMILES string of the molecule is CC(C)C1NC(=O)C(C(C)C)N(CC2(C3CC3)CC2)C1=O. The Balaban J connectivity index is 1.83. The van der Waals surface area contributed by atoms with Crippen molar-refractivity contribution in [1.29, 1.82) is 0 Å². The first-order valence-electron chi connectivity index (χ1n) is 8.46. The van der Waals surface area contributed by atoms with Gasteiger partial charge in [0.1, 0.15) is 12.1 Å². The van der Waals surface area contributed by atoms with E-state index in [-0.39, 0.29) is 35.7 Å². The van der Waals surface area contributed by atoms with E-state index in [1.54, 1.807) is 0 Å². The van der Waals surface area contributed by atoms with Crippen LogP contribution in [0.2, 0.25) is 0 Å². The number of nitrogens with one attached hydrogen (secondary N) is 1. The van der Waals surface area contributed by atoms with Gasteiger partial charge in [0.05, 0.1) is 0 Å². The van der Waals surface area contributed by atoms with Crippen molar-refractivity contribution in [2.45, 2.75) is 65.5 Å². The zero-order chi connectivity index (χ0) is 15.4. The van der Waals surface area contributed by atoms with E-state index in [1.165, 1.54) is 25.7 Å². The Kier molecular flexibility index (Phi) is 3.53. The molecule has 2 amide bonds. The van der Waals surface area contributed by atoms with E-state index in [2.05, 4.69) is 5.32 Å². The van der Waals surface area contributed by atoms with E-state index in [1.807, 2.05) is 32.6 Å². The highest BCUT2D eigenvalue weighted by Gasteiger charge is 2.57. The third-order valence-electron chi connectivity index (χ3n) is 5.57. The average Bonchev–Trinajstić information content (AvgIpc) is 3.23. The van der Waals surface area contributed by atoms with Crippen molar-refractivity contribution in [3.8, 4) is 0 Å². The molecule has 2 unspecified atom stereocenters. The summed E-state index contributed by atoms with van der Waals surface area (Å²) in [6, 6.07) is -0.633. The second-order valence-corrected chi connectivity index (χ2v) is 8.02. The summed E-state index contributed by atoms with van der Waals surface area (Å²) >= 11 is 0. The van der Waals surface area contributed by atoms with Crippen LogP contribution in [0, 0.1) is 23.2 Å². The largest absolute Gasteiger partial charge is 0.342 e. The maximum absolute atomic E-state index is 12.9. The summed E-state index contributed by atoms with van der Waals surface area (Å²) in [4.78, 5) is 27.3. The summed E-state index contributed by atoms with van der Waals surface area (Å²) in [5.41, 5.74) is 0.349. The number of hydrogen-bond donors (Lipinski definition) is 1. The Morgan fingerprint density at radius 3 is 2.19 bits per heavy atom. The van der Waals surface area contributed by atoms with E-state index in [0.29, 0.717) is 5.41 Å². The molecule has 3 aliphatic rings. The molecule has 1 N–H and O–H groups in total. The molecular formula is C17H28N2O2. The van der Waals surface area contributed by atoms with Gasteiger partial charge in [-0.05, 0) is 48.9 Å². The van der Waals surface area contributed by atoms with Gasteiger partial charge in [0.25, 0.3) is 0 Å². The summed E-state index contributed by atoms with van der Waals surface area (Å²) in [5, 5.41) is 2.95. The number of hydrogen-bond acceptors (Lipinski definition) is 2. The molecule has 4 nitrogen and oxygen atoms in total. The van der Waals surface area contributed by atoms with Crippen molar-refractivity contribution < 1.29 is 9.59 Å². The first-order valence-corrected chi connectivity index (χ1v) is 8.46. The lowest BCUT2D eigenvalue weighted by Crippen LogP contribution is -2.66. The zero-order valence-electron chi connectivity index (χ0n) is 13.7. The van der Waals surface area contributed by atoms with Crippen LogP contribution in [0.5, 0.6) is 0 Å². The van der Waals surface area contributed by atoms with E-state index in [0.717, 1.165) is 12.5 Å². The van der Waals surface area contributed by atoms with Crippen LogP contribution in [0.15, 0.2) is 0 Å². The van der Waals surface area contributed by atoms with Gasteiger partial charge < -0.3 is 10.2 Å². The van der Waals surface area contributed by atoms with E-state index in [9.17, 15) is 9.59 Å². The van der Waals surface area contributed by atoms with Gasteiger partial charge in [0.2, 0.25) is 11.8 Å². The molecule has 1 heterocycles. The van der Waals surface area contributed by atoms with Crippen LogP contribution in [-0.2, 0) is 9.59 Å². The number of rotatable bonds is 5. The molecule has 0 aromatic heterocycles. The van der Waals surface area contributed by atoms with Crippen LogP contribution >= 0.6 is 0 Å². The first kappa shape index (κ1) is 14.9. The standard InChI is InChI=1S/C17H28N2O2/c1-10(2)13-16(21)19(14(11(3)4)15(20)18-13)9-17(7-8-17)12-5-6-12/h10-14H,5-9H2,1-4H3,(H,18,20). The summed E-state index contributed by atoms with van der Waals surface area (Å²) in [6.45, 7) is 8.89. The molecule has 0 radical (unpaired) electrons. The van der Waals surface area contributed by atoms with Crippen LogP contribution in [0.25, 0.3) is 0 Å². The molecule has 0 bridgehead atoms. The first-order chi connectivity index (χ1) is 9.85. The Bertz CT molecular complexity index is 450. The minimum Gasteiger partial charge on any atom is -0.342 e. The number of amides is 2. The van der Waals surface area contributed by atoms with Crippen LogP contribution in [0.3, 0.4) is 0 Å². The number of nitrogens with zero attached hydrogens (tertiary/aromatic N) is 1. The third kappa shape index (κ3) is 2.58. The topological polar surface area (TPSA) is 49.4 Å². The van der Waals surface area contributed by atoms with Gasteiger partial charge in [-0.2, -0.15) is 0 Å². The monoisotopic (exact) mass is 292 g/mol. The van der Waals surface area contributed by atoms with Crippen LogP contribution in [0.1, 0.15) is 53.4 Å². The maximum Gasteiger partial charge on any atom is 0.246 e. The quantitative estimate of drug-likeness (QED) is 0.844. The molecule has 0 spiro atoms. The fourth-order valence-electron chi connectivity index (χ4n) is 3.94. The smallest absolute Gasteiger partial charge is 0.246 e. The summed E-state index contributed by atoms with van der Waals surface area (Å²) in [6.07, 6.45) is 5.10. The van der Waals surface area contributed by atoms with Crippen LogP contribution in [0.4, 0.5) is 0 Å². The normalized spacial score (nSPS) is 31.8. The molecule has 1 saturated heterocycles. The molecule has 2 aliphatic carbocycles. The lowest BCUT2D eigenvalue weighted by Gasteiger charge is -2.43. The predicted octanol–water partition coefficient (Wildman–Crippen LogP) is 2.18. The number of carbonyl (C=O) groups is 2. The highest BCUT2D eigenvalue weighted by Crippen LogP contribution is 2.61. The van der Waals surface area contributed by atoms with Crippen LogP contribution < -0.4 is 5.32 Å². The average molecular weight is 292 g/mol. The molecule has 2 saturated carbocycles. The Morgan fingerprint density at radius 1 is 1.14 bits per heavy atom. The summed E-state index contributed by atoms with van der Waals surface area (Å²) < 4.78 is 0. The van der Waals surface area contributed by atoms with E-state index < -0.39 is 0 Å². The molecule has 3 fully saturated rings.